The summed E-state index contributed by atoms with van der Waals surface area (Å²) in [6, 6.07) is 0. The Kier molecular flexibility index (Phi) is 1.18. The van der Waals surface area contributed by atoms with Crippen LogP contribution in [0, 0.1) is 0 Å². The zero-order chi connectivity index (χ0) is 7.68. The Hall–Kier alpha value is -1.71. The largest absolute Gasteiger partial charge is 0.504 e. The average Bonchev–Trinajstić information content (AvgIpc) is 2.06. The van der Waals surface area contributed by atoms with Crippen molar-refractivity contribution in [3.63, 3.8) is 0 Å². The number of hydrogen-bond donors (Lipinski definition) is 1. The van der Waals surface area contributed by atoms with Crippen LogP contribution in [-0.2, 0) is 0 Å². The molecule has 2 aromatic heterocycles. The van der Waals surface area contributed by atoms with Gasteiger partial charge < -0.3 is 5.11 Å². The van der Waals surface area contributed by atoms with E-state index in [9.17, 15) is 5.11 Å². The number of nitrogens with zero attached hydrogens (tertiary/aromatic N) is 3. The van der Waals surface area contributed by atoms with Gasteiger partial charge >= 0.3 is 0 Å². The second kappa shape index (κ2) is 2.16. The molecule has 0 amide bonds. The van der Waals surface area contributed by atoms with Gasteiger partial charge in [0, 0.05) is 17.8 Å². The molecule has 0 saturated carbocycles. The van der Waals surface area contributed by atoms with E-state index in [0.29, 0.717) is 5.52 Å². The molecule has 0 atom stereocenters. The Morgan fingerprint density at radius 3 is 2.73 bits per heavy atom. The zero-order valence-electron chi connectivity index (χ0n) is 5.60. The molecule has 54 valence electrons. The van der Waals surface area contributed by atoms with Crippen LogP contribution < -0.4 is 0 Å². The van der Waals surface area contributed by atoms with Crippen LogP contribution in [0.3, 0.4) is 0 Å². The quantitative estimate of drug-likeness (QED) is 0.596. The van der Waals surface area contributed by atoms with E-state index in [0.717, 1.165) is 5.39 Å². The monoisotopic (exact) mass is 147 g/mol. The molecule has 1 N–H and O–H groups in total. The first-order valence-corrected chi connectivity index (χ1v) is 3.10. The minimum absolute atomic E-state index is 0.0879. The van der Waals surface area contributed by atoms with E-state index in [4.69, 9.17) is 0 Å². The number of pyridine rings is 1. The van der Waals surface area contributed by atoms with E-state index in [1.54, 1.807) is 12.4 Å². The Balaban J connectivity index is 2.91. The van der Waals surface area contributed by atoms with Gasteiger partial charge in [-0.1, -0.05) is 0 Å². The molecule has 0 saturated heterocycles. The molecule has 2 aromatic rings. The SMILES string of the molecule is Oc1cncc2cncnc12. The maximum atomic E-state index is 9.22. The van der Waals surface area contributed by atoms with Gasteiger partial charge in [0.25, 0.3) is 0 Å². The molecule has 2 rings (SSSR count). The van der Waals surface area contributed by atoms with E-state index in [-0.39, 0.29) is 5.75 Å². The van der Waals surface area contributed by atoms with Gasteiger partial charge in [-0.25, -0.2) is 9.97 Å². The first kappa shape index (κ1) is 6.03. The van der Waals surface area contributed by atoms with Crippen molar-refractivity contribution in [2.45, 2.75) is 0 Å². The summed E-state index contributed by atoms with van der Waals surface area (Å²) in [4.78, 5) is 11.5. The molecule has 4 nitrogen and oxygen atoms in total. The van der Waals surface area contributed by atoms with E-state index < -0.39 is 0 Å². The van der Waals surface area contributed by atoms with Crippen molar-refractivity contribution >= 4 is 10.9 Å². The third kappa shape index (κ3) is 0.881. The number of fused-ring (bicyclic) bond motifs is 1. The van der Waals surface area contributed by atoms with Crippen molar-refractivity contribution in [3.8, 4) is 5.75 Å². The number of aromatic nitrogens is 3. The normalized spacial score (nSPS) is 10.2. The lowest BCUT2D eigenvalue weighted by molar-refractivity contribution is 0.478. The molecule has 0 aliphatic rings. The number of rotatable bonds is 0. The topological polar surface area (TPSA) is 58.9 Å². The molecule has 4 heteroatoms. The Morgan fingerprint density at radius 1 is 1.09 bits per heavy atom. The third-order valence-corrected chi connectivity index (χ3v) is 1.39. The highest BCUT2D eigenvalue weighted by Crippen LogP contribution is 2.17. The summed E-state index contributed by atoms with van der Waals surface area (Å²) in [5.74, 6) is 0.0879. The fraction of sp³-hybridized carbons (Fsp3) is 0. The van der Waals surface area contributed by atoms with Gasteiger partial charge in [0.15, 0.2) is 5.75 Å². The lowest BCUT2D eigenvalue weighted by atomic mass is 10.3. The van der Waals surface area contributed by atoms with Crippen LogP contribution in [-0.4, -0.2) is 20.1 Å². The lowest BCUT2D eigenvalue weighted by Crippen LogP contribution is -1.82. The lowest BCUT2D eigenvalue weighted by Gasteiger charge is -1.95. The highest BCUT2D eigenvalue weighted by atomic mass is 16.3. The summed E-state index contributed by atoms with van der Waals surface area (Å²) in [5, 5.41) is 9.96. The van der Waals surface area contributed by atoms with Crippen LogP contribution in [0.1, 0.15) is 0 Å². The molecular formula is C7H5N3O. The number of hydrogen-bond acceptors (Lipinski definition) is 4. The first-order valence-electron chi connectivity index (χ1n) is 3.10. The molecule has 2 heterocycles. The fourth-order valence-corrected chi connectivity index (χ4v) is 0.898. The molecular weight excluding hydrogens is 142 g/mol. The van der Waals surface area contributed by atoms with Gasteiger partial charge in [0.1, 0.15) is 11.8 Å². The summed E-state index contributed by atoms with van der Waals surface area (Å²) in [5.41, 5.74) is 0.537. The van der Waals surface area contributed by atoms with E-state index in [2.05, 4.69) is 15.0 Å². The van der Waals surface area contributed by atoms with E-state index in [1.807, 2.05) is 0 Å². The molecule has 0 unspecified atom stereocenters. The van der Waals surface area contributed by atoms with E-state index in [1.165, 1.54) is 12.5 Å². The smallest absolute Gasteiger partial charge is 0.160 e. The van der Waals surface area contributed by atoms with E-state index >= 15 is 0 Å². The van der Waals surface area contributed by atoms with Crippen LogP contribution in [0.15, 0.2) is 24.9 Å². The van der Waals surface area contributed by atoms with Crippen molar-refractivity contribution < 1.29 is 5.11 Å². The van der Waals surface area contributed by atoms with Crippen molar-refractivity contribution in [3.05, 3.63) is 24.9 Å². The van der Waals surface area contributed by atoms with Gasteiger partial charge in [-0.3, -0.25) is 4.98 Å². The molecule has 0 aliphatic heterocycles. The predicted octanol–water partition coefficient (Wildman–Crippen LogP) is 0.730. The zero-order valence-corrected chi connectivity index (χ0v) is 5.60. The van der Waals surface area contributed by atoms with Crippen molar-refractivity contribution in [2.75, 3.05) is 0 Å². The van der Waals surface area contributed by atoms with Gasteiger partial charge in [-0.05, 0) is 0 Å². The summed E-state index contributed by atoms with van der Waals surface area (Å²) in [6.07, 6.45) is 5.96. The van der Waals surface area contributed by atoms with Gasteiger partial charge in [0.05, 0.1) is 6.20 Å². The average molecular weight is 147 g/mol. The highest BCUT2D eigenvalue weighted by Gasteiger charge is 1.98. The minimum atomic E-state index is 0.0879. The van der Waals surface area contributed by atoms with Gasteiger partial charge in [-0.2, -0.15) is 0 Å². The molecule has 0 aliphatic carbocycles. The Bertz CT molecular complexity index is 383. The van der Waals surface area contributed by atoms with Crippen LogP contribution in [0.25, 0.3) is 10.9 Å². The summed E-state index contributed by atoms with van der Waals surface area (Å²) >= 11 is 0. The third-order valence-electron chi connectivity index (χ3n) is 1.39. The van der Waals surface area contributed by atoms with Crippen molar-refractivity contribution in [2.24, 2.45) is 0 Å². The first-order chi connectivity index (χ1) is 5.38. The molecule has 0 spiro atoms. The van der Waals surface area contributed by atoms with Crippen LogP contribution in [0.5, 0.6) is 5.75 Å². The van der Waals surface area contributed by atoms with Crippen molar-refractivity contribution in [1.82, 2.24) is 15.0 Å². The summed E-state index contributed by atoms with van der Waals surface area (Å²) in [6.45, 7) is 0. The second-order valence-corrected chi connectivity index (χ2v) is 2.12. The predicted molar refractivity (Wildman–Crippen MR) is 39.0 cm³/mol. The summed E-state index contributed by atoms with van der Waals surface area (Å²) < 4.78 is 0. The highest BCUT2D eigenvalue weighted by molar-refractivity contribution is 5.81. The molecule has 0 fully saturated rings. The minimum Gasteiger partial charge on any atom is -0.504 e. The maximum Gasteiger partial charge on any atom is 0.160 e. The molecule has 0 radical (unpaired) electrons. The molecule has 0 aromatic carbocycles. The van der Waals surface area contributed by atoms with Crippen molar-refractivity contribution in [1.29, 1.82) is 0 Å². The van der Waals surface area contributed by atoms with Gasteiger partial charge in [-0.15, -0.1) is 0 Å². The molecule has 11 heavy (non-hydrogen) atoms. The second-order valence-electron chi connectivity index (χ2n) is 2.12. The van der Waals surface area contributed by atoms with Crippen LogP contribution in [0.2, 0.25) is 0 Å². The van der Waals surface area contributed by atoms with Gasteiger partial charge in [0.2, 0.25) is 0 Å². The molecule has 0 bridgehead atoms. The van der Waals surface area contributed by atoms with Crippen LogP contribution in [0.4, 0.5) is 0 Å². The Labute approximate surface area is 62.6 Å². The number of aromatic hydroxyl groups is 1. The van der Waals surface area contributed by atoms with Crippen LogP contribution >= 0.6 is 0 Å². The fourth-order valence-electron chi connectivity index (χ4n) is 0.898. The summed E-state index contributed by atoms with van der Waals surface area (Å²) in [7, 11) is 0. The standard InChI is InChI=1S/C7H5N3O/c11-6-3-8-1-5-2-9-4-10-7(5)6/h1-4,11H. The Morgan fingerprint density at radius 2 is 1.91 bits per heavy atom. The maximum absolute atomic E-state index is 9.22.